The Morgan fingerprint density at radius 1 is 1.21 bits per heavy atom. The molecule has 24 heavy (non-hydrogen) atoms. The first kappa shape index (κ1) is 17.5. The quantitative estimate of drug-likeness (QED) is 0.678. The van der Waals surface area contributed by atoms with Gasteiger partial charge in [0, 0.05) is 23.1 Å². The number of ketones is 1. The van der Waals surface area contributed by atoms with Gasteiger partial charge in [-0.3, -0.25) is 9.59 Å². The maximum absolute atomic E-state index is 11.8. The van der Waals surface area contributed by atoms with Crippen LogP contribution in [0.4, 0.5) is 0 Å². The second-order valence-corrected chi connectivity index (χ2v) is 5.51. The first-order valence-electron chi connectivity index (χ1n) is 7.75. The van der Waals surface area contributed by atoms with E-state index in [-0.39, 0.29) is 18.2 Å². The predicted octanol–water partition coefficient (Wildman–Crippen LogP) is 2.59. The molecule has 0 spiro atoms. The number of benzene rings is 1. The number of hydrogen-bond acceptors (Lipinski definition) is 4. The molecular formula is C19H20N2O3. The zero-order valence-electron chi connectivity index (χ0n) is 14.1. The van der Waals surface area contributed by atoms with Gasteiger partial charge in [0.2, 0.25) is 5.91 Å². The van der Waals surface area contributed by atoms with Crippen molar-refractivity contribution >= 4 is 11.7 Å². The van der Waals surface area contributed by atoms with Gasteiger partial charge in [0.1, 0.15) is 5.76 Å². The van der Waals surface area contributed by atoms with Crippen molar-refractivity contribution < 1.29 is 14.1 Å². The lowest BCUT2D eigenvalue weighted by molar-refractivity contribution is -0.120. The topological polar surface area (TPSA) is 72.2 Å². The average Bonchev–Trinajstić information content (AvgIpc) is 2.88. The molecule has 0 atom stereocenters. The number of carbonyl (C=O) groups is 2. The Kier molecular flexibility index (Phi) is 5.91. The molecule has 1 aromatic carbocycles. The second-order valence-electron chi connectivity index (χ2n) is 5.51. The molecule has 0 radical (unpaired) electrons. The summed E-state index contributed by atoms with van der Waals surface area (Å²) in [4.78, 5) is 23.0. The molecule has 0 aliphatic rings. The Labute approximate surface area is 141 Å². The van der Waals surface area contributed by atoms with E-state index in [9.17, 15) is 9.59 Å². The highest BCUT2D eigenvalue weighted by molar-refractivity contribution is 5.94. The smallest absolute Gasteiger partial charge is 0.221 e. The minimum atomic E-state index is -0.0590. The van der Waals surface area contributed by atoms with Crippen LogP contribution in [0.2, 0.25) is 0 Å². The molecule has 1 amide bonds. The Morgan fingerprint density at radius 3 is 2.50 bits per heavy atom. The van der Waals surface area contributed by atoms with Gasteiger partial charge in [0.25, 0.3) is 0 Å². The van der Waals surface area contributed by atoms with Crippen molar-refractivity contribution in [1.82, 2.24) is 10.5 Å². The van der Waals surface area contributed by atoms with Crippen LogP contribution < -0.4 is 5.32 Å². The number of nitrogens with zero attached hydrogens (tertiary/aromatic N) is 1. The molecule has 0 aliphatic heterocycles. The van der Waals surface area contributed by atoms with E-state index in [1.54, 1.807) is 24.3 Å². The third kappa shape index (κ3) is 4.82. The number of nitrogens with one attached hydrogen (secondary N) is 1. The molecule has 1 N–H and O–H groups in total. The summed E-state index contributed by atoms with van der Waals surface area (Å²) in [7, 11) is 0. The van der Waals surface area contributed by atoms with Crippen molar-refractivity contribution in [3.8, 4) is 11.8 Å². The number of hydrogen-bond donors (Lipinski definition) is 1. The largest absolute Gasteiger partial charge is 0.361 e. The van der Waals surface area contributed by atoms with Crippen LogP contribution in [-0.4, -0.2) is 23.4 Å². The van der Waals surface area contributed by atoms with Crippen molar-refractivity contribution in [2.24, 2.45) is 0 Å². The fraction of sp³-hybridized carbons (Fsp3) is 0.316. The van der Waals surface area contributed by atoms with E-state index in [0.29, 0.717) is 18.4 Å². The normalized spacial score (nSPS) is 9.96. The molecule has 0 fully saturated rings. The van der Waals surface area contributed by atoms with Crippen LogP contribution in [0.15, 0.2) is 28.8 Å². The van der Waals surface area contributed by atoms with Crippen molar-refractivity contribution in [2.45, 2.75) is 33.6 Å². The van der Waals surface area contributed by atoms with E-state index >= 15 is 0 Å². The van der Waals surface area contributed by atoms with Gasteiger partial charge in [-0.2, -0.15) is 0 Å². The van der Waals surface area contributed by atoms with Crippen molar-refractivity contribution in [1.29, 1.82) is 0 Å². The minimum Gasteiger partial charge on any atom is -0.361 e. The van der Waals surface area contributed by atoms with Gasteiger partial charge >= 0.3 is 0 Å². The number of Topliss-reactive ketones (excluding diaryl/α,β-unsaturated/α-hetero) is 1. The zero-order chi connectivity index (χ0) is 17.5. The maximum Gasteiger partial charge on any atom is 0.221 e. The highest BCUT2D eigenvalue weighted by atomic mass is 16.5. The lowest BCUT2D eigenvalue weighted by atomic mass is 10.1. The van der Waals surface area contributed by atoms with E-state index in [1.165, 1.54) is 6.92 Å². The Morgan fingerprint density at radius 2 is 1.92 bits per heavy atom. The highest BCUT2D eigenvalue weighted by Crippen LogP contribution is 2.14. The van der Waals surface area contributed by atoms with E-state index in [0.717, 1.165) is 22.6 Å². The molecule has 0 unspecified atom stereocenters. The molecule has 5 heteroatoms. The Bertz CT molecular complexity index is 773. The van der Waals surface area contributed by atoms with E-state index < -0.39 is 0 Å². The van der Waals surface area contributed by atoms with Crippen LogP contribution in [0.3, 0.4) is 0 Å². The van der Waals surface area contributed by atoms with Gasteiger partial charge in [-0.1, -0.05) is 29.1 Å². The van der Waals surface area contributed by atoms with Crippen LogP contribution >= 0.6 is 0 Å². The van der Waals surface area contributed by atoms with Crippen LogP contribution in [0.25, 0.3) is 0 Å². The summed E-state index contributed by atoms with van der Waals surface area (Å²) in [6, 6.07) is 7.08. The standard InChI is InChI=1S/C19H20N2O3/c1-13-18(15(3)24-21-13)10-11-19(23)20-12-4-5-16-6-8-17(9-7-16)14(2)22/h6-9H,10-12H2,1-3H3,(H,20,23). The number of carbonyl (C=O) groups excluding carboxylic acids is 2. The van der Waals surface area contributed by atoms with E-state index in [1.807, 2.05) is 13.8 Å². The summed E-state index contributed by atoms with van der Waals surface area (Å²) >= 11 is 0. The summed E-state index contributed by atoms with van der Waals surface area (Å²) in [5, 5.41) is 6.64. The number of rotatable bonds is 5. The van der Waals surface area contributed by atoms with Crippen molar-refractivity contribution in [3.63, 3.8) is 0 Å². The lowest BCUT2D eigenvalue weighted by Crippen LogP contribution is -2.23. The van der Waals surface area contributed by atoms with E-state index in [4.69, 9.17) is 4.52 Å². The minimum absolute atomic E-state index is 0.0278. The molecule has 0 saturated carbocycles. The van der Waals surface area contributed by atoms with Gasteiger partial charge in [0.05, 0.1) is 12.2 Å². The van der Waals surface area contributed by atoms with Crippen LogP contribution in [0.1, 0.15) is 46.3 Å². The summed E-state index contributed by atoms with van der Waals surface area (Å²) in [6.45, 7) is 5.52. The predicted molar refractivity (Wildman–Crippen MR) is 90.6 cm³/mol. The van der Waals surface area contributed by atoms with Crippen molar-refractivity contribution in [3.05, 3.63) is 52.4 Å². The first-order valence-corrected chi connectivity index (χ1v) is 7.75. The third-order valence-corrected chi connectivity index (χ3v) is 3.68. The fourth-order valence-corrected chi connectivity index (χ4v) is 2.26. The van der Waals surface area contributed by atoms with Gasteiger partial charge < -0.3 is 9.84 Å². The Hall–Kier alpha value is -2.87. The summed E-state index contributed by atoms with van der Waals surface area (Å²) in [5.41, 5.74) is 3.29. The molecule has 1 aromatic heterocycles. The monoisotopic (exact) mass is 324 g/mol. The molecule has 0 aliphatic carbocycles. The van der Waals surface area contributed by atoms with E-state index in [2.05, 4.69) is 22.3 Å². The van der Waals surface area contributed by atoms with Gasteiger partial charge in [-0.05, 0) is 39.3 Å². The zero-order valence-corrected chi connectivity index (χ0v) is 14.1. The number of aryl methyl sites for hydroxylation is 2. The molecule has 1 heterocycles. The Balaban J connectivity index is 1.78. The average molecular weight is 324 g/mol. The molecule has 2 aromatic rings. The SMILES string of the molecule is CC(=O)c1ccc(C#CCNC(=O)CCc2c(C)noc2C)cc1. The second kappa shape index (κ2) is 8.11. The summed E-state index contributed by atoms with van der Waals surface area (Å²) in [6.07, 6.45) is 0.977. The number of aromatic nitrogens is 1. The molecule has 0 bridgehead atoms. The number of amides is 1. The molecule has 5 nitrogen and oxygen atoms in total. The highest BCUT2D eigenvalue weighted by Gasteiger charge is 2.10. The van der Waals surface area contributed by atoms with Gasteiger partial charge in [-0.25, -0.2) is 0 Å². The van der Waals surface area contributed by atoms with Crippen molar-refractivity contribution in [2.75, 3.05) is 6.54 Å². The molecule has 2 rings (SSSR count). The lowest BCUT2D eigenvalue weighted by Gasteiger charge is -2.01. The van der Waals surface area contributed by atoms with Gasteiger partial charge in [-0.15, -0.1) is 0 Å². The summed E-state index contributed by atoms with van der Waals surface area (Å²) < 4.78 is 5.07. The van der Waals surface area contributed by atoms with Crippen LogP contribution in [0, 0.1) is 25.7 Å². The summed E-state index contributed by atoms with van der Waals surface area (Å²) in [5.74, 6) is 6.58. The maximum atomic E-state index is 11.8. The first-order chi connectivity index (χ1) is 11.5. The van der Waals surface area contributed by atoms with Gasteiger partial charge in [0.15, 0.2) is 5.78 Å². The fourth-order valence-electron chi connectivity index (χ4n) is 2.26. The molecule has 124 valence electrons. The molecule has 0 saturated heterocycles. The van der Waals surface area contributed by atoms with Crippen LogP contribution in [-0.2, 0) is 11.2 Å². The third-order valence-electron chi connectivity index (χ3n) is 3.68. The molecular weight excluding hydrogens is 304 g/mol. The van der Waals surface area contributed by atoms with Crippen LogP contribution in [0.5, 0.6) is 0 Å².